The minimum atomic E-state index is -1.00. The second kappa shape index (κ2) is 10.6. The van der Waals surface area contributed by atoms with Crippen molar-refractivity contribution in [3.63, 3.8) is 0 Å². The Labute approximate surface area is 189 Å². The highest BCUT2D eigenvalue weighted by molar-refractivity contribution is 5.87. The van der Waals surface area contributed by atoms with Crippen LogP contribution in [0.5, 0.6) is 5.75 Å². The highest BCUT2D eigenvalue weighted by atomic mass is 16.5. The number of carboxylic acids is 1. The van der Waals surface area contributed by atoms with Crippen LogP contribution in [0.15, 0.2) is 78.4 Å². The molecule has 1 aliphatic rings. The zero-order valence-electron chi connectivity index (χ0n) is 18.7. The Balaban J connectivity index is 1.69. The monoisotopic (exact) mass is 431 g/mol. The van der Waals surface area contributed by atoms with E-state index in [1.54, 1.807) is 38.4 Å². The number of hydrogen-bond acceptors (Lipinski definition) is 3. The largest absolute Gasteiger partial charge is 0.489 e. The lowest BCUT2D eigenvalue weighted by atomic mass is 9.94. The first-order valence-corrected chi connectivity index (χ1v) is 10.6. The number of carboxylic acid groups (broad SMARTS) is 1. The zero-order valence-corrected chi connectivity index (χ0v) is 18.7. The summed E-state index contributed by atoms with van der Waals surface area (Å²) in [7, 11) is 3.25. The molecule has 1 atom stereocenters. The Morgan fingerprint density at radius 3 is 2.38 bits per heavy atom. The Kier molecular flexibility index (Phi) is 7.66. The minimum Gasteiger partial charge on any atom is -0.489 e. The number of carbonyl (C=O) groups excluding carboxylic acids is 1. The number of likely N-dealkylation sites (N-methyl/N-ethyl adjacent to an activating group) is 1. The van der Waals surface area contributed by atoms with Crippen molar-refractivity contribution >= 4 is 17.4 Å². The summed E-state index contributed by atoms with van der Waals surface area (Å²) in [5.41, 5.74) is 5.29. The van der Waals surface area contributed by atoms with Gasteiger partial charge in [-0.15, -0.1) is 0 Å². The highest BCUT2D eigenvalue weighted by Gasteiger charge is 2.25. The average molecular weight is 432 g/mol. The molecule has 5 nitrogen and oxygen atoms in total. The summed E-state index contributed by atoms with van der Waals surface area (Å²) in [6, 6.07) is 15.6. The number of aryl methyl sites for hydroxylation is 1. The second-order valence-electron chi connectivity index (χ2n) is 8.12. The zero-order chi connectivity index (χ0) is 23.1. The number of carbonyl (C=O) groups is 2. The van der Waals surface area contributed by atoms with Gasteiger partial charge < -0.3 is 14.7 Å². The fourth-order valence-electron chi connectivity index (χ4n) is 3.54. The lowest BCUT2D eigenvalue weighted by Crippen LogP contribution is -2.29. The van der Waals surface area contributed by atoms with Crippen molar-refractivity contribution in [3.8, 4) is 5.75 Å². The van der Waals surface area contributed by atoms with Gasteiger partial charge in [0.1, 0.15) is 12.4 Å². The van der Waals surface area contributed by atoms with Gasteiger partial charge in [0.2, 0.25) is 5.91 Å². The van der Waals surface area contributed by atoms with E-state index in [0.717, 1.165) is 17.6 Å². The number of amides is 1. The van der Waals surface area contributed by atoms with Crippen LogP contribution in [0.25, 0.3) is 5.57 Å². The van der Waals surface area contributed by atoms with Gasteiger partial charge in [0.15, 0.2) is 0 Å². The van der Waals surface area contributed by atoms with Gasteiger partial charge in [-0.05, 0) is 53.8 Å². The standard InChI is InChI=1S/C27H29NO4/c1-19-8-10-21(11-9-19)23-7-5-4-6-20(16-23)18-32-24-14-12-22(13-15-24)25(17-26(29)30)27(31)28(2)3/h5-16,25H,4,17-18H2,1-3H3,(H,29,30). The van der Waals surface area contributed by atoms with Crippen LogP contribution in [0.1, 0.15) is 35.4 Å². The van der Waals surface area contributed by atoms with Gasteiger partial charge in [-0.1, -0.05) is 60.2 Å². The first kappa shape index (κ1) is 23.1. The molecule has 3 rings (SSSR count). The van der Waals surface area contributed by atoms with Crippen LogP contribution >= 0.6 is 0 Å². The van der Waals surface area contributed by atoms with Crippen molar-refractivity contribution in [2.24, 2.45) is 0 Å². The summed E-state index contributed by atoms with van der Waals surface area (Å²) in [4.78, 5) is 25.0. The quantitative estimate of drug-likeness (QED) is 0.639. The molecular formula is C27H29NO4. The maximum Gasteiger partial charge on any atom is 0.304 e. The van der Waals surface area contributed by atoms with Crippen LogP contribution in [0.4, 0.5) is 0 Å². The number of nitrogens with zero attached hydrogens (tertiary/aromatic N) is 1. The van der Waals surface area contributed by atoms with Crippen LogP contribution in [-0.2, 0) is 9.59 Å². The van der Waals surface area contributed by atoms with Crippen LogP contribution in [0.3, 0.4) is 0 Å². The molecule has 0 aromatic heterocycles. The topological polar surface area (TPSA) is 66.8 Å². The first-order chi connectivity index (χ1) is 15.3. The molecule has 1 unspecified atom stereocenters. The molecule has 2 aromatic rings. The molecule has 2 aromatic carbocycles. The maximum atomic E-state index is 12.4. The maximum absolute atomic E-state index is 12.4. The van der Waals surface area contributed by atoms with Gasteiger partial charge >= 0.3 is 5.97 Å². The van der Waals surface area contributed by atoms with E-state index < -0.39 is 11.9 Å². The molecule has 0 radical (unpaired) electrons. The van der Waals surface area contributed by atoms with Crippen LogP contribution in [-0.4, -0.2) is 42.6 Å². The molecule has 0 saturated heterocycles. The molecule has 0 bridgehead atoms. The van der Waals surface area contributed by atoms with Gasteiger partial charge in [-0.25, -0.2) is 0 Å². The summed E-state index contributed by atoms with van der Waals surface area (Å²) >= 11 is 0. The lowest BCUT2D eigenvalue weighted by molar-refractivity contribution is -0.141. The molecule has 0 fully saturated rings. The predicted molar refractivity (Wildman–Crippen MR) is 127 cm³/mol. The number of aliphatic carboxylic acids is 1. The van der Waals surface area contributed by atoms with Crippen LogP contribution in [0.2, 0.25) is 0 Å². The molecule has 166 valence electrons. The predicted octanol–water partition coefficient (Wildman–Crippen LogP) is 4.99. The SMILES string of the molecule is Cc1ccc(C2=CC(COc3ccc(C(CC(=O)O)C(=O)N(C)C)cc3)=CCC=C2)cc1. The van der Waals surface area contributed by atoms with Gasteiger partial charge in [-0.3, -0.25) is 9.59 Å². The van der Waals surface area contributed by atoms with Crippen molar-refractivity contribution in [1.29, 1.82) is 0 Å². The third kappa shape index (κ3) is 6.20. The molecule has 32 heavy (non-hydrogen) atoms. The minimum absolute atomic E-state index is 0.231. The van der Waals surface area contributed by atoms with E-state index in [4.69, 9.17) is 4.74 Å². The number of allylic oxidation sites excluding steroid dienone is 4. The third-order valence-corrected chi connectivity index (χ3v) is 5.34. The van der Waals surface area contributed by atoms with Gasteiger partial charge in [-0.2, -0.15) is 0 Å². The normalized spacial score (nSPS) is 14.1. The van der Waals surface area contributed by atoms with Crippen molar-refractivity contribution in [3.05, 3.63) is 95.1 Å². The van der Waals surface area contributed by atoms with E-state index in [0.29, 0.717) is 17.9 Å². The van der Waals surface area contributed by atoms with Crippen molar-refractivity contribution in [1.82, 2.24) is 4.90 Å². The van der Waals surface area contributed by atoms with E-state index in [1.165, 1.54) is 16.0 Å². The van der Waals surface area contributed by atoms with Crippen LogP contribution in [0, 0.1) is 6.92 Å². The van der Waals surface area contributed by atoms with E-state index in [9.17, 15) is 14.7 Å². The van der Waals surface area contributed by atoms with E-state index >= 15 is 0 Å². The number of benzene rings is 2. The Hall–Kier alpha value is -3.60. The van der Waals surface area contributed by atoms with Crippen molar-refractivity contribution in [2.75, 3.05) is 20.7 Å². The molecule has 0 aliphatic heterocycles. The average Bonchev–Trinajstić information content (AvgIpc) is 3.02. The number of ether oxygens (including phenoxy) is 1. The van der Waals surface area contributed by atoms with Crippen molar-refractivity contribution in [2.45, 2.75) is 25.7 Å². The summed E-state index contributed by atoms with van der Waals surface area (Å²) in [5.74, 6) is -1.28. The third-order valence-electron chi connectivity index (χ3n) is 5.34. The Morgan fingerprint density at radius 1 is 1.06 bits per heavy atom. The fraction of sp³-hybridized carbons (Fsp3) is 0.259. The molecule has 1 amide bonds. The van der Waals surface area contributed by atoms with E-state index in [1.807, 2.05) is 0 Å². The summed E-state index contributed by atoms with van der Waals surface area (Å²) in [5, 5.41) is 9.19. The van der Waals surface area contributed by atoms with E-state index in [2.05, 4.69) is 55.5 Å². The molecule has 5 heteroatoms. The number of rotatable bonds is 8. The molecule has 0 heterocycles. The van der Waals surface area contributed by atoms with Gasteiger partial charge in [0, 0.05) is 14.1 Å². The number of hydrogen-bond donors (Lipinski definition) is 1. The summed E-state index contributed by atoms with van der Waals surface area (Å²) < 4.78 is 5.98. The lowest BCUT2D eigenvalue weighted by Gasteiger charge is -2.19. The van der Waals surface area contributed by atoms with Gasteiger partial charge in [0.05, 0.1) is 12.3 Å². The van der Waals surface area contributed by atoms with Crippen molar-refractivity contribution < 1.29 is 19.4 Å². The van der Waals surface area contributed by atoms with Crippen LogP contribution < -0.4 is 4.74 Å². The molecule has 0 saturated carbocycles. The molecule has 0 spiro atoms. The molecule has 1 aliphatic carbocycles. The second-order valence-corrected chi connectivity index (χ2v) is 8.12. The smallest absolute Gasteiger partial charge is 0.304 e. The van der Waals surface area contributed by atoms with E-state index in [-0.39, 0.29) is 12.3 Å². The Morgan fingerprint density at radius 2 is 1.75 bits per heavy atom. The molecule has 1 N–H and O–H groups in total. The fourth-order valence-corrected chi connectivity index (χ4v) is 3.54. The Bertz CT molecular complexity index is 1040. The summed E-state index contributed by atoms with van der Waals surface area (Å²) in [6.07, 6.45) is 9.15. The summed E-state index contributed by atoms with van der Waals surface area (Å²) in [6.45, 7) is 2.50. The first-order valence-electron chi connectivity index (χ1n) is 10.6. The van der Waals surface area contributed by atoms with Gasteiger partial charge in [0.25, 0.3) is 0 Å². The highest BCUT2D eigenvalue weighted by Crippen LogP contribution is 2.26. The molecular weight excluding hydrogens is 402 g/mol.